The summed E-state index contributed by atoms with van der Waals surface area (Å²) in [5, 5.41) is 23.3. The molecule has 0 aliphatic heterocycles. The third-order valence-electron chi connectivity index (χ3n) is 6.93. The van der Waals surface area contributed by atoms with Crippen LogP contribution in [0.15, 0.2) is 61.2 Å². The molecule has 1 saturated carbocycles. The highest BCUT2D eigenvalue weighted by Crippen LogP contribution is 2.34. The Bertz CT molecular complexity index is 1470. The summed E-state index contributed by atoms with van der Waals surface area (Å²) in [5.41, 5.74) is 2.34. The van der Waals surface area contributed by atoms with E-state index in [2.05, 4.69) is 25.7 Å². The van der Waals surface area contributed by atoms with Gasteiger partial charge < -0.3 is 25.6 Å². The van der Waals surface area contributed by atoms with E-state index >= 15 is 0 Å². The van der Waals surface area contributed by atoms with Crippen LogP contribution in [0.3, 0.4) is 0 Å². The summed E-state index contributed by atoms with van der Waals surface area (Å²) in [4.78, 5) is 26.4. The van der Waals surface area contributed by atoms with E-state index in [0.717, 1.165) is 29.3 Å². The maximum absolute atomic E-state index is 12.1. The molecule has 3 aromatic heterocycles. The number of nitrogens with one attached hydrogen (secondary N) is 3. The average Bonchev–Trinajstić information content (AvgIpc) is 3.53. The Morgan fingerprint density at radius 3 is 2.87 bits per heavy atom. The van der Waals surface area contributed by atoms with Crippen molar-refractivity contribution in [3.05, 3.63) is 66.2 Å². The van der Waals surface area contributed by atoms with Gasteiger partial charge in [-0.1, -0.05) is 35.9 Å². The molecule has 0 saturated heterocycles. The van der Waals surface area contributed by atoms with Gasteiger partial charge in [-0.2, -0.15) is 5.10 Å². The lowest BCUT2D eigenvalue weighted by atomic mass is 9.82. The summed E-state index contributed by atoms with van der Waals surface area (Å²) < 4.78 is 1.68. The van der Waals surface area contributed by atoms with Gasteiger partial charge in [-0.25, -0.2) is 9.97 Å². The quantitative estimate of drug-likeness (QED) is 0.230. The number of para-hydroxylation sites is 1. The SMILES string of the molecule is CN(C)C/C=C/C(=O)Nc1cnn(CC2(O)CCC(Nc3ncc(Cl)c(-c4c[nH]c5ccccc45)n3)CC2)c1. The molecule has 10 nitrogen and oxygen atoms in total. The van der Waals surface area contributed by atoms with Crippen molar-refractivity contribution in [2.24, 2.45) is 0 Å². The lowest BCUT2D eigenvalue weighted by Gasteiger charge is -2.36. The first kappa shape index (κ1) is 26.9. The Hall–Kier alpha value is -3.73. The van der Waals surface area contributed by atoms with Crippen LogP contribution in [0.4, 0.5) is 11.6 Å². The fourth-order valence-electron chi connectivity index (χ4n) is 4.90. The maximum Gasteiger partial charge on any atom is 0.248 e. The third kappa shape index (κ3) is 6.65. The molecular formula is C28H33ClN8O2. The molecule has 5 rings (SSSR count). The highest BCUT2D eigenvalue weighted by Gasteiger charge is 2.34. The number of benzene rings is 1. The largest absolute Gasteiger partial charge is 0.388 e. The van der Waals surface area contributed by atoms with Crippen molar-refractivity contribution in [1.82, 2.24) is 29.6 Å². The van der Waals surface area contributed by atoms with Crippen molar-refractivity contribution in [2.45, 2.75) is 43.9 Å². The molecule has 204 valence electrons. The van der Waals surface area contributed by atoms with E-state index in [0.29, 0.717) is 48.3 Å². The molecule has 0 unspecified atom stereocenters. The number of fused-ring (bicyclic) bond motifs is 1. The number of halogens is 1. The summed E-state index contributed by atoms with van der Waals surface area (Å²) in [6, 6.07) is 8.15. The van der Waals surface area contributed by atoms with Crippen molar-refractivity contribution in [1.29, 1.82) is 0 Å². The highest BCUT2D eigenvalue weighted by atomic mass is 35.5. The molecule has 4 N–H and O–H groups in total. The van der Waals surface area contributed by atoms with Crippen LogP contribution >= 0.6 is 11.6 Å². The van der Waals surface area contributed by atoms with Crippen molar-refractivity contribution < 1.29 is 9.90 Å². The van der Waals surface area contributed by atoms with Gasteiger partial charge in [0.05, 0.1) is 40.9 Å². The number of aromatic nitrogens is 5. The van der Waals surface area contributed by atoms with Gasteiger partial charge in [0.1, 0.15) is 0 Å². The van der Waals surface area contributed by atoms with Gasteiger partial charge in [-0.3, -0.25) is 9.48 Å². The standard InChI is InChI=1S/C28H33ClN8O2/c1-36(2)13-5-8-25(38)33-20-14-32-37(17-20)18-28(39)11-9-19(10-12-28)34-27-31-16-23(29)26(35-27)22-15-30-24-7-4-3-6-21(22)24/h3-8,14-17,19,30,39H,9-13,18H2,1-2H3,(H,33,38)(H,31,34,35)/b8-5+. The van der Waals surface area contributed by atoms with Crippen LogP contribution in [0.1, 0.15) is 25.7 Å². The normalized spacial score (nSPS) is 19.7. The van der Waals surface area contributed by atoms with Crippen molar-refractivity contribution in [2.75, 3.05) is 31.3 Å². The van der Waals surface area contributed by atoms with Crippen LogP contribution in [0.5, 0.6) is 0 Å². The van der Waals surface area contributed by atoms with Crippen LogP contribution < -0.4 is 10.6 Å². The lowest BCUT2D eigenvalue weighted by Crippen LogP contribution is -2.41. The number of nitrogens with zero attached hydrogens (tertiary/aromatic N) is 5. The molecule has 1 fully saturated rings. The number of aromatic amines is 1. The van der Waals surface area contributed by atoms with Gasteiger partial charge in [-0.15, -0.1) is 0 Å². The van der Waals surface area contributed by atoms with Crippen molar-refractivity contribution >= 4 is 40.0 Å². The number of anilines is 2. The molecule has 0 spiro atoms. The summed E-state index contributed by atoms with van der Waals surface area (Å²) in [6.45, 7) is 1.04. The second kappa shape index (κ2) is 11.6. The molecule has 3 heterocycles. The third-order valence-corrected chi connectivity index (χ3v) is 7.21. The topological polar surface area (TPSA) is 124 Å². The second-order valence-electron chi connectivity index (χ2n) is 10.4. The van der Waals surface area contributed by atoms with Crippen molar-refractivity contribution in [3.8, 4) is 11.3 Å². The summed E-state index contributed by atoms with van der Waals surface area (Å²) in [5.74, 6) is 0.307. The highest BCUT2D eigenvalue weighted by molar-refractivity contribution is 6.33. The Morgan fingerprint density at radius 2 is 2.08 bits per heavy atom. The maximum atomic E-state index is 12.1. The molecule has 11 heteroatoms. The summed E-state index contributed by atoms with van der Waals surface area (Å²) in [7, 11) is 3.88. The van der Waals surface area contributed by atoms with E-state index in [1.807, 2.05) is 49.5 Å². The van der Waals surface area contributed by atoms with Gasteiger partial charge in [0.15, 0.2) is 0 Å². The lowest BCUT2D eigenvalue weighted by molar-refractivity contribution is -0.111. The first-order valence-electron chi connectivity index (χ1n) is 13.0. The molecule has 0 bridgehead atoms. The zero-order chi connectivity index (χ0) is 27.4. The molecule has 0 radical (unpaired) electrons. The minimum absolute atomic E-state index is 0.128. The molecule has 4 aromatic rings. The Kier molecular flexibility index (Phi) is 7.97. The Labute approximate surface area is 232 Å². The molecule has 0 atom stereocenters. The summed E-state index contributed by atoms with van der Waals surface area (Å²) >= 11 is 6.47. The van der Waals surface area contributed by atoms with Gasteiger partial charge in [0.25, 0.3) is 0 Å². The number of aliphatic hydroxyl groups is 1. The average molecular weight is 549 g/mol. The van der Waals surface area contributed by atoms with Gasteiger partial charge in [0.2, 0.25) is 11.9 Å². The number of carbonyl (C=O) groups excluding carboxylic acids is 1. The number of amides is 1. The number of likely N-dealkylation sites (N-methyl/N-ethyl adjacent to an activating group) is 1. The predicted molar refractivity (Wildman–Crippen MR) is 154 cm³/mol. The van der Waals surface area contributed by atoms with E-state index in [4.69, 9.17) is 16.6 Å². The van der Waals surface area contributed by atoms with E-state index in [-0.39, 0.29) is 11.9 Å². The number of rotatable bonds is 9. The zero-order valence-corrected chi connectivity index (χ0v) is 22.8. The van der Waals surface area contributed by atoms with Gasteiger partial charge in [-0.05, 0) is 45.8 Å². The summed E-state index contributed by atoms with van der Waals surface area (Å²) in [6.07, 6.45) is 12.9. The van der Waals surface area contributed by atoms with Crippen molar-refractivity contribution in [3.63, 3.8) is 0 Å². The number of hydrogen-bond acceptors (Lipinski definition) is 7. The molecule has 1 aliphatic carbocycles. The molecule has 1 aliphatic rings. The smallest absolute Gasteiger partial charge is 0.248 e. The molecule has 1 amide bonds. The van der Waals surface area contributed by atoms with Crippen LogP contribution in [0.2, 0.25) is 5.02 Å². The number of hydrogen-bond donors (Lipinski definition) is 4. The van der Waals surface area contributed by atoms with Crippen LogP contribution in [-0.2, 0) is 11.3 Å². The van der Waals surface area contributed by atoms with E-state index < -0.39 is 5.60 Å². The first-order valence-corrected chi connectivity index (χ1v) is 13.4. The monoisotopic (exact) mass is 548 g/mol. The van der Waals surface area contributed by atoms with Crippen LogP contribution in [0, 0.1) is 0 Å². The van der Waals surface area contributed by atoms with Crippen LogP contribution in [0.25, 0.3) is 22.2 Å². The minimum atomic E-state index is -0.882. The first-order chi connectivity index (χ1) is 18.8. The Morgan fingerprint density at radius 1 is 1.28 bits per heavy atom. The second-order valence-corrected chi connectivity index (χ2v) is 10.8. The molecule has 1 aromatic carbocycles. The fraction of sp³-hybridized carbons (Fsp3) is 0.357. The minimum Gasteiger partial charge on any atom is -0.388 e. The van der Waals surface area contributed by atoms with Gasteiger partial charge in [0, 0.05) is 47.5 Å². The molecule has 39 heavy (non-hydrogen) atoms. The zero-order valence-electron chi connectivity index (χ0n) is 22.1. The van der Waals surface area contributed by atoms with Crippen LogP contribution in [-0.4, -0.2) is 72.9 Å². The fourth-order valence-corrected chi connectivity index (χ4v) is 5.10. The van der Waals surface area contributed by atoms with E-state index in [9.17, 15) is 9.90 Å². The Balaban J connectivity index is 1.16. The number of H-pyrrole nitrogens is 1. The number of carbonyl (C=O) groups is 1. The molecular weight excluding hydrogens is 516 g/mol. The van der Waals surface area contributed by atoms with E-state index in [1.165, 1.54) is 6.08 Å². The predicted octanol–water partition coefficient (Wildman–Crippen LogP) is 4.32. The van der Waals surface area contributed by atoms with Gasteiger partial charge >= 0.3 is 0 Å². The van der Waals surface area contributed by atoms with E-state index in [1.54, 1.807) is 29.3 Å².